The molecule has 6 nitrogen and oxygen atoms in total. The monoisotopic (exact) mass is 407 g/mol. The van der Waals surface area contributed by atoms with E-state index in [1.54, 1.807) is 30.3 Å². The minimum Gasteiger partial charge on any atom is -0.496 e. The van der Waals surface area contributed by atoms with Crippen LogP contribution in [0.4, 0.5) is 0 Å². The van der Waals surface area contributed by atoms with Crippen LogP contribution in [0.2, 0.25) is 10.0 Å². The van der Waals surface area contributed by atoms with Crippen LogP contribution < -0.4 is 14.2 Å². The summed E-state index contributed by atoms with van der Waals surface area (Å²) in [5.41, 5.74) is 1.09. The van der Waals surface area contributed by atoms with Gasteiger partial charge in [0.15, 0.2) is 17.2 Å². The number of benzene rings is 2. The molecule has 27 heavy (non-hydrogen) atoms. The zero-order valence-corrected chi connectivity index (χ0v) is 16.2. The summed E-state index contributed by atoms with van der Waals surface area (Å²) in [6.07, 6.45) is 1.54. The first-order valence-electron chi connectivity index (χ1n) is 7.74. The van der Waals surface area contributed by atoms with Crippen molar-refractivity contribution in [2.75, 3.05) is 21.3 Å². The number of cyclic esters (lactones) is 1. The second kappa shape index (κ2) is 7.90. The molecule has 0 N–H and O–H groups in total. The van der Waals surface area contributed by atoms with Gasteiger partial charge in [0.05, 0.1) is 31.9 Å². The van der Waals surface area contributed by atoms with Gasteiger partial charge in [-0.2, -0.15) is 0 Å². The molecule has 0 saturated heterocycles. The van der Waals surface area contributed by atoms with Crippen LogP contribution >= 0.6 is 23.2 Å². The first-order chi connectivity index (χ1) is 13.0. The number of halogens is 2. The predicted molar refractivity (Wildman–Crippen MR) is 103 cm³/mol. The second-order valence-corrected chi connectivity index (χ2v) is 6.25. The van der Waals surface area contributed by atoms with Crippen molar-refractivity contribution in [3.8, 4) is 17.2 Å². The fourth-order valence-corrected chi connectivity index (χ4v) is 2.87. The van der Waals surface area contributed by atoms with E-state index in [-0.39, 0.29) is 11.6 Å². The number of esters is 1. The van der Waals surface area contributed by atoms with Crippen molar-refractivity contribution in [1.29, 1.82) is 0 Å². The molecule has 1 aliphatic heterocycles. The Balaban J connectivity index is 2.05. The minimum absolute atomic E-state index is 0.0817. The van der Waals surface area contributed by atoms with Crippen molar-refractivity contribution in [2.24, 2.45) is 4.99 Å². The van der Waals surface area contributed by atoms with E-state index in [1.807, 2.05) is 0 Å². The lowest BCUT2D eigenvalue weighted by atomic mass is 10.1. The predicted octanol–water partition coefficient (Wildman–Crippen LogP) is 4.36. The van der Waals surface area contributed by atoms with Crippen molar-refractivity contribution >= 4 is 41.1 Å². The smallest absolute Gasteiger partial charge is 0.363 e. The van der Waals surface area contributed by atoms with Crippen LogP contribution in [0.25, 0.3) is 6.08 Å². The number of nitrogens with zero attached hydrogens (tertiary/aromatic N) is 1. The SMILES string of the molecule is COc1cc(OC)c(OC)cc1/C=C1\N=C(c2cc(Cl)ccc2Cl)OC1=O. The highest BCUT2D eigenvalue weighted by atomic mass is 35.5. The van der Waals surface area contributed by atoms with Crippen LogP contribution in [0, 0.1) is 0 Å². The Morgan fingerprint density at radius 3 is 2.30 bits per heavy atom. The van der Waals surface area contributed by atoms with E-state index in [0.29, 0.717) is 38.4 Å². The number of aliphatic imine (C=N–C) groups is 1. The molecule has 0 radical (unpaired) electrons. The number of hydrogen-bond donors (Lipinski definition) is 0. The highest BCUT2D eigenvalue weighted by Gasteiger charge is 2.26. The van der Waals surface area contributed by atoms with Gasteiger partial charge < -0.3 is 18.9 Å². The standard InChI is InChI=1S/C19H15Cl2NO5/c1-24-15-9-17(26-3)16(25-2)7-10(15)6-14-19(23)27-18(22-14)12-8-11(20)4-5-13(12)21/h4-9H,1-3H3/b14-6-. The number of rotatable bonds is 5. The Kier molecular flexibility index (Phi) is 5.58. The molecule has 2 aromatic carbocycles. The Morgan fingerprint density at radius 2 is 1.63 bits per heavy atom. The number of hydrogen-bond acceptors (Lipinski definition) is 6. The van der Waals surface area contributed by atoms with E-state index in [9.17, 15) is 4.79 Å². The summed E-state index contributed by atoms with van der Waals surface area (Å²) in [6.45, 7) is 0. The molecular weight excluding hydrogens is 393 g/mol. The quantitative estimate of drug-likeness (QED) is 0.543. The van der Waals surface area contributed by atoms with Gasteiger partial charge in [-0.1, -0.05) is 23.2 Å². The molecule has 1 heterocycles. The van der Waals surface area contributed by atoms with Crippen molar-refractivity contribution < 1.29 is 23.7 Å². The van der Waals surface area contributed by atoms with E-state index in [0.717, 1.165) is 0 Å². The molecule has 0 unspecified atom stereocenters. The van der Waals surface area contributed by atoms with E-state index in [2.05, 4.69) is 4.99 Å². The number of ether oxygens (including phenoxy) is 4. The number of carbonyl (C=O) groups excluding carboxylic acids is 1. The molecule has 2 aromatic rings. The van der Waals surface area contributed by atoms with Gasteiger partial charge in [-0.15, -0.1) is 0 Å². The molecule has 3 rings (SSSR count). The van der Waals surface area contributed by atoms with Gasteiger partial charge >= 0.3 is 5.97 Å². The van der Waals surface area contributed by atoms with E-state index >= 15 is 0 Å². The molecule has 1 aliphatic rings. The lowest BCUT2D eigenvalue weighted by Gasteiger charge is -2.12. The van der Waals surface area contributed by atoms with E-state index in [1.165, 1.54) is 27.4 Å². The topological polar surface area (TPSA) is 66.3 Å². The van der Waals surface area contributed by atoms with Gasteiger partial charge in [-0.25, -0.2) is 9.79 Å². The molecule has 0 amide bonds. The summed E-state index contributed by atoms with van der Waals surface area (Å²) in [6, 6.07) is 8.16. The summed E-state index contributed by atoms with van der Waals surface area (Å²) in [7, 11) is 4.55. The zero-order valence-electron chi connectivity index (χ0n) is 14.7. The third kappa shape index (κ3) is 3.86. The highest BCUT2D eigenvalue weighted by Crippen LogP contribution is 2.36. The van der Waals surface area contributed by atoms with Crippen LogP contribution in [0.15, 0.2) is 41.0 Å². The van der Waals surface area contributed by atoms with Gasteiger partial charge in [-0.3, -0.25) is 0 Å². The first-order valence-corrected chi connectivity index (χ1v) is 8.50. The Hall–Kier alpha value is -2.70. The molecular formula is C19H15Cl2NO5. The maximum atomic E-state index is 12.3. The third-order valence-corrected chi connectivity index (χ3v) is 4.37. The van der Waals surface area contributed by atoms with Crippen molar-refractivity contribution in [3.05, 3.63) is 57.2 Å². The molecule has 0 atom stereocenters. The second-order valence-electron chi connectivity index (χ2n) is 5.41. The van der Waals surface area contributed by atoms with Crippen LogP contribution in [0.1, 0.15) is 11.1 Å². The van der Waals surface area contributed by atoms with Crippen LogP contribution in [0.5, 0.6) is 17.2 Å². The molecule has 0 saturated carbocycles. The molecule has 8 heteroatoms. The van der Waals surface area contributed by atoms with Gasteiger partial charge in [0.1, 0.15) is 5.75 Å². The van der Waals surface area contributed by atoms with E-state index in [4.69, 9.17) is 42.1 Å². The first kappa shape index (κ1) is 19.1. The van der Waals surface area contributed by atoms with Crippen molar-refractivity contribution in [1.82, 2.24) is 0 Å². The number of carbonyl (C=O) groups is 1. The Morgan fingerprint density at radius 1 is 0.963 bits per heavy atom. The van der Waals surface area contributed by atoms with Crippen molar-refractivity contribution in [3.63, 3.8) is 0 Å². The van der Waals surface area contributed by atoms with Crippen LogP contribution in [-0.2, 0) is 9.53 Å². The maximum absolute atomic E-state index is 12.3. The van der Waals surface area contributed by atoms with Gasteiger partial charge in [0.25, 0.3) is 0 Å². The fourth-order valence-electron chi connectivity index (χ4n) is 2.50. The number of methoxy groups -OCH3 is 3. The Bertz CT molecular complexity index is 969. The fraction of sp³-hybridized carbons (Fsp3) is 0.158. The van der Waals surface area contributed by atoms with Crippen LogP contribution in [-0.4, -0.2) is 33.2 Å². The summed E-state index contributed by atoms with van der Waals surface area (Å²) in [4.78, 5) is 16.5. The molecule has 0 aromatic heterocycles. The summed E-state index contributed by atoms with van der Waals surface area (Å²) >= 11 is 12.1. The molecule has 0 aliphatic carbocycles. The lowest BCUT2D eigenvalue weighted by molar-refractivity contribution is -0.129. The van der Waals surface area contributed by atoms with Crippen molar-refractivity contribution in [2.45, 2.75) is 0 Å². The normalized spacial score (nSPS) is 14.8. The minimum atomic E-state index is -0.613. The molecule has 140 valence electrons. The largest absolute Gasteiger partial charge is 0.496 e. The summed E-state index contributed by atoms with van der Waals surface area (Å²) < 4.78 is 21.2. The van der Waals surface area contributed by atoms with Gasteiger partial charge in [0, 0.05) is 16.7 Å². The van der Waals surface area contributed by atoms with Crippen LogP contribution in [0.3, 0.4) is 0 Å². The average molecular weight is 408 g/mol. The highest BCUT2D eigenvalue weighted by molar-refractivity contribution is 6.36. The maximum Gasteiger partial charge on any atom is 0.363 e. The van der Waals surface area contributed by atoms with Gasteiger partial charge in [0.2, 0.25) is 5.90 Å². The lowest BCUT2D eigenvalue weighted by Crippen LogP contribution is -2.06. The average Bonchev–Trinajstić information content (AvgIpc) is 3.03. The Labute approximate surface area is 165 Å². The molecule has 0 spiro atoms. The molecule has 0 fully saturated rings. The summed E-state index contributed by atoms with van der Waals surface area (Å²) in [5.74, 6) is 0.937. The third-order valence-electron chi connectivity index (χ3n) is 3.81. The molecule has 0 bridgehead atoms. The zero-order chi connectivity index (χ0) is 19.6. The van der Waals surface area contributed by atoms with E-state index < -0.39 is 5.97 Å². The summed E-state index contributed by atoms with van der Waals surface area (Å²) in [5, 5.41) is 0.822. The van der Waals surface area contributed by atoms with Gasteiger partial charge in [-0.05, 0) is 30.3 Å².